The Hall–Kier alpha value is -4.10. The fourth-order valence-corrected chi connectivity index (χ4v) is 2.78. The summed E-state index contributed by atoms with van der Waals surface area (Å²) < 4.78 is 44.2. The van der Waals surface area contributed by atoms with Gasteiger partial charge < -0.3 is 9.73 Å². The summed E-state index contributed by atoms with van der Waals surface area (Å²) in [5.41, 5.74) is -1.34. The molecule has 0 unspecified atom stereocenters. The van der Waals surface area contributed by atoms with Crippen LogP contribution in [0.3, 0.4) is 0 Å². The topological polar surface area (TPSA) is 109 Å². The second-order valence-corrected chi connectivity index (χ2v) is 6.73. The van der Waals surface area contributed by atoms with Gasteiger partial charge >= 0.3 is 6.18 Å². The van der Waals surface area contributed by atoms with Gasteiger partial charge in [-0.05, 0) is 42.5 Å². The molecule has 0 fully saturated rings. The van der Waals surface area contributed by atoms with Gasteiger partial charge in [0.2, 0.25) is 0 Å². The van der Waals surface area contributed by atoms with Crippen molar-refractivity contribution in [1.82, 2.24) is 0 Å². The van der Waals surface area contributed by atoms with Gasteiger partial charge in [-0.1, -0.05) is 11.6 Å². The van der Waals surface area contributed by atoms with Gasteiger partial charge in [-0.2, -0.15) is 18.4 Å². The summed E-state index contributed by atoms with van der Waals surface area (Å²) in [5.74, 6) is -0.549. The van der Waals surface area contributed by atoms with Crippen molar-refractivity contribution in [3.05, 3.63) is 86.6 Å². The number of nitrogens with one attached hydrogen (secondary N) is 1. The minimum absolute atomic E-state index is 0.0999. The van der Waals surface area contributed by atoms with E-state index in [-0.39, 0.29) is 22.2 Å². The van der Waals surface area contributed by atoms with Gasteiger partial charge in [-0.3, -0.25) is 14.9 Å². The summed E-state index contributed by atoms with van der Waals surface area (Å²) in [5, 5.41) is 22.1. The number of nitro groups is 1. The Balaban J connectivity index is 1.82. The summed E-state index contributed by atoms with van der Waals surface area (Å²) in [6, 6.07) is 12.6. The van der Waals surface area contributed by atoms with Crippen molar-refractivity contribution in [3.8, 4) is 17.4 Å². The van der Waals surface area contributed by atoms with E-state index in [2.05, 4.69) is 5.32 Å². The van der Waals surface area contributed by atoms with Crippen LogP contribution < -0.4 is 5.32 Å². The van der Waals surface area contributed by atoms with Crippen molar-refractivity contribution in [1.29, 1.82) is 5.26 Å². The van der Waals surface area contributed by atoms with E-state index in [0.717, 1.165) is 18.2 Å². The molecule has 0 atom stereocenters. The smallest absolute Gasteiger partial charge is 0.416 e. The van der Waals surface area contributed by atoms with Crippen LogP contribution in [-0.2, 0) is 11.0 Å². The molecular formula is C21H11ClF3N3O4. The molecule has 3 aromatic rings. The number of carbonyl (C=O) groups is 1. The van der Waals surface area contributed by atoms with Crippen LogP contribution in [0.25, 0.3) is 17.4 Å². The minimum Gasteiger partial charge on any atom is -0.457 e. The predicted molar refractivity (Wildman–Crippen MR) is 109 cm³/mol. The number of non-ortho nitro benzene ring substituents is 1. The second-order valence-electron chi connectivity index (χ2n) is 6.32. The first kappa shape index (κ1) is 22.6. The van der Waals surface area contributed by atoms with Gasteiger partial charge in [-0.25, -0.2) is 0 Å². The number of anilines is 1. The molecule has 1 heterocycles. The second kappa shape index (κ2) is 8.95. The number of nitro benzene ring substituents is 1. The number of rotatable bonds is 5. The van der Waals surface area contributed by atoms with Crippen LogP contribution >= 0.6 is 11.6 Å². The maximum atomic E-state index is 12.9. The van der Waals surface area contributed by atoms with E-state index in [9.17, 15) is 33.3 Å². The quantitative estimate of drug-likeness (QED) is 0.214. The molecule has 7 nitrogen and oxygen atoms in total. The molecule has 3 rings (SSSR count). The monoisotopic (exact) mass is 461 g/mol. The molecule has 11 heteroatoms. The fourth-order valence-electron chi connectivity index (χ4n) is 2.61. The summed E-state index contributed by atoms with van der Waals surface area (Å²) in [6.07, 6.45) is -3.54. The van der Waals surface area contributed by atoms with Crippen LogP contribution in [0.5, 0.6) is 0 Å². The molecule has 32 heavy (non-hydrogen) atoms. The van der Waals surface area contributed by atoms with Gasteiger partial charge in [-0.15, -0.1) is 0 Å². The molecule has 0 aliphatic heterocycles. The first-order valence-electron chi connectivity index (χ1n) is 8.73. The molecule has 0 radical (unpaired) electrons. The van der Waals surface area contributed by atoms with Gasteiger partial charge in [0.15, 0.2) is 0 Å². The highest BCUT2D eigenvalue weighted by atomic mass is 35.5. The number of nitrogens with zero attached hydrogens (tertiary/aromatic N) is 2. The third kappa shape index (κ3) is 5.14. The van der Waals surface area contributed by atoms with E-state index in [1.165, 1.54) is 36.4 Å². The van der Waals surface area contributed by atoms with Crippen LogP contribution in [0.15, 0.2) is 64.6 Å². The molecule has 1 aromatic heterocycles. The lowest BCUT2D eigenvalue weighted by atomic mass is 10.1. The number of hydrogen-bond donors (Lipinski definition) is 1. The Labute approximate surface area is 183 Å². The number of furan rings is 1. The van der Waals surface area contributed by atoms with E-state index in [4.69, 9.17) is 16.0 Å². The summed E-state index contributed by atoms with van der Waals surface area (Å²) in [6.45, 7) is 0. The Kier molecular flexibility index (Phi) is 6.32. The fraction of sp³-hybridized carbons (Fsp3) is 0.0476. The number of hydrogen-bond acceptors (Lipinski definition) is 5. The Morgan fingerprint density at radius 1 is 1.16 bits per heavy atom. The lowest BCUT2D eigenvalue weighted by molar-refractivity contribution is -0.384. The normalized spacial score (nSPS) is 11.7. The Bertz CT molecular complexity index is 1260. The Morgan fingerprint density at radius 2 is 1.84 bits per heavy atom. The van der Waals surface area contributed by atoms with E-state index in [0.29, 0.717) is 17.4 Å². The molecule has 1 amide bonds. The van der Waals surface area contributed by atoms with Crippen LogP contribution in [0.1, 0.15) is 11.3 Å². The molecule has 162 valence electrons. The van der Waals surface area contributed by atoms with Gasteiger partial charge in [0.1, 0.15) is 23.2 Å². The van der Waals surface area contributed by atoms with Gasteiger partial charge in [0.05, 0.1) is 21.2 Å². The van der Waals surface area contributed by atoms with E-state index >= 15 is 0 Å². The zero-order valence-corrected chi connectivity index (χ0v) is 16.6. The van der Waals surface area contributed by atoms with E-state index in [1.54, 1.807) is 6.07 Å². The van der Waals surface area contributed by atoms with E-state index in [1.807, 2.05) is 0 Å². The van der Waals surface area contributed by atoms with Crippen LogP contribution in [0, 0.1) is 21.4 Å². The summed E-state index contributed by atoms with van der Waals surface area (Å²) >= 11 is 5.86. The number of halogens is 4. The van der Waals surface area contributed by atoms with Crippen molar-refractivity contribution in [2.24, 2.45) is 0 Å². The largest absolute Gasteiger partial charge is 0.457 e. The standard InChI is InChI=1S/C21H11ClF3N3O4/c22-17-7-3-14(21(23,24)25)10-18(17)27-20(29)13(11-26)9-16-6-8-19(32-16)12-1-4-15(5-2-12)28(30)31/h1-10H,(H,27,29)/b13-9+. The number of amides is 1. The molecule has 1 N–H and O–H groups in total. The third-order valence-electron chi connectivity index (χ3n) is 4.18. The maximum absolute atomic E-state index is 12.9. The average molecular weight is 462 g/mol. The van der Waals surface area contributed by atoms with Crippen molar-refractivity contribution < 1.29 is 27.3 Å². The van der Waals surface area contributed by atoms with Crippen molar-refractivity contribution in [2.75, 3.05) is 5.32 Å². The van der Waals surface area contributed by atoms with Crippen molar-refractivity contribution >= 4 is 35.0 Å². The molecule has 0 saturated carbocycles. The highest BCUT2D eigenvalue weighted by Crippen LogP contribution is 2.34. The molecule has 0 bridgehead atoms. The molecule has 0 aliphatic carbocycles. The number of benzene rings is 2. The molecular weight excluding hydrogens is 451 g/mol. The zero-order chi connectivity index (χ0) is 23.5. The van der Waals surface area contributed by atoms with Crippen molar-refractivity contribution in [2.45, 2.75) is 6.18 Å². The molecule has 2 aromatic carbocycles. The Morgan fingerprint density at radius 3 is 2.44 bits per heavy atom. The third-order valence-corrected chi connectivity index (χ3v) is 4.51. The lowest BCUT2D eigenvalue weighted by Crippen LogP contribution is -2.15. The van der Waals surface area contributed by atoms with Gasteiger partial charge in [0, 0.05) is 23.8 Å². The molecule has 0 aliphatic rings. The highest BCUT2D eigenvalue weighted by Gasteiger charge is 2.31. The SMILES string of the molecule is N#C/C(=C\c1ccc(-c2ccc([N+](=O)[O-])cc2)o1)C(=O)Nc1cc(C(F)(F)F)ccc1Cl. The maximum Gasteiger partial charge on any atom is 0.416 e. The first-order chi connectivity index (χ1) is 15.1. The molecule has 0 saturated heterocycles. The van der Waals surface area contributed by atoms with Gasteiger partial charge in [0.25, 0.3) is 11.6 Å². The number of carbonyl (C=O) groups excluding carboxylic acids is 1. The number of alkyl halides is 3. The lowest BCUT2D eigenvalue weighted by Gasteiger charge is -2.11. The number of nitriles is 1. The first-order valence-corrected chi connectivity index (χ1v) is 9.11. The summed E-state index contributed by atoms with van der Waals surface area (Å²) in [7, 11) is 0. The summed E-state index contributed by atoms with van der Waals surface area (Å²) in [4.78, 5) is 22.6. The van der Waals surface area contributed by atoms with Crippen LogP contribution in [0.4, 0.5) is 24.5 Å². The predicted octanol–water partition coefficient (Wildman–Crippen LogP) is 6.07. The van der Waals surface area contributed by atoms with Crippen LogP contribution in [0.2, 0.25) is 5.02 Å². The zero-order valence-electron chi connectivity index (χ0n) is 15.8. The van der Waals surface area contributed by atoms with Crippen molar-refractivity contribution in [3.63, 3.8) is 0 Å². The highest BCUT2D eigenvalue weighted by molar-refractivity contribution is 6.34. The van der Waals surface area contributed by atoms with Crippen LogP contribution in [-0.4, -0.2) is 10.8 Å². The molecule has 0 spiro atoms. The average Bonchev–Trinajstić information content (AvgIpc) is 3.21. The van der Waals surface area contributed by atoms with E-state index < -0.39 is 28.1 Å². The minimum atomic E-state index is -4.64.